The van der Waals surface area contributed by atoms with E-state index in [9.17, 15) is 0 Å². The van der Waals surface area contributed by atoms with Crippen LogP contribution in [0, 0.1) is 0 Å². The smallest absolute Gasteiger partial charge is 0.140 e. The number of fused-ring (bicyclic) bond motifs is 1. The highest BCUT2D eigenvalue weighted by atomic mass is 15.0. The minimum Gasteiger partial charge on any atom is -0.308 e. The van der Waals surface area contributed by atoms with E-state index in [0.717, 1.165) is 5.65 Å². The van der Waals surface area contributed by atoms with Gasteiger partial charge in [-0.1, -0.05) is 41.5 Å². The number of aromatic nitrogens is 2. The maximum absolute atomic E-state index is 4.54. The summed E-state index contributed by atoms with van der Waals surface area (Å²) in [6, 6.07) is 1.98. The van der Waals surface area contributed by atoms with Crippen LogP contribution in [-0.2, 0) is 10.8 Å². The first-order valence-corrected chi connectivity index (χ1v) is 6.18. The molecule has 2 nitrogen and oxygen atoms in total. The molecule has 2 aromatic heterocycles. The summed E-state index contributed by atoms with van der Waals surface area (Å²) >= 11 is 0. The Balaban J connectivity index is 2.84. The fourth-order valence-electron chi connectivity index (χ4n) is 2.31. The molecule has 17 heavy (non-hydrogen) atoms. The Morgan fingerprint density at radius 2 is 1.65 bits per heavy atom. The van der Waals surface area contributed by atoms with E-state index in [2.05, 4.69) is 63.3 Å². The minimum absolute atomic E-state index is 0.117. The quantitative estimate of drug-likeness (QED) is 0.670. The number of hydrogen-bond donors (Lipinski definition) is 0. The third-order valence-corrected chi connectivity index (χ3v) is 3.09. The van der Waals surface area contributed by atoms with Crippen LogP contribution in [0.15, 0.2) is 24.7 Å². The average Bonchev–Trinajstić information content (AvgIpc) is 2.54. The highest BCUT2D eigenvalue weighted by Crippen LogP contribution is 2.36. The van der Waals surface area contributed by atoms with Gasteiger partial charge in [0.1, 0.15) is 5.65 Å². The molecule has 92 valence electrons. The van der Waals surface area contributed by atoms with Gasteiger partial charge in [-0.15, -0.1) is 0 Å². The first-order chi connectivity index (χ1) is 7.71. The van der Waals surface area contributed by atoms with Gasteiger partial charge in [0, 0.05) is 24.2 Å². The second-order valence-electron chi connectivity index (χ2n) is 6.77. The summed E-state index contributed by atoms with van der Waals surface area (Å²) in [5.41, 5.74) is 4.11. The van der Waals surface area contributed by atoms with Crippen LogP contribution in [-0.4, -0.2) is 9.38 Å². The van der Waals surface area contributed by atoms with Crippen molar-refractivity contribution in [3.05, 3.63) is 35.8 Å². The molecule has 0 fully saturated rings. The lowest BCUT2D eigenvalue weighted by molar-refractivity contribution is 0.537. The second kappa shape index (κ2) is 3.59. The van der Waals surface area contributed by atoms with Crippen molar-refractivity contribution in [3.8, 4) is 0 Å². The third kappa shape index (κ3) is 2.08. The lowest BCUT2D eigenvalue weighted by Crippen LogP contribution is -2.20. The maximum atomic E-state index is 4.54. The fourth-order valence-corrected chi connectivity index (χ4v) is 2.31. The van der Waals surface area contributed by atoms with E-state index in [1.165, 1.54) is 11.1 Å². The minimum atomic E-state index is 0.117. The molecule has 0 aliphatic rings. The molecule has 0 spiro atoms. The highest BCUT2D eigenvalue weighted by molar-refractivity contribution is 5.58. The number of hydrogen-bond acceptors (Lipinski definition) is 1. The molecule has 0 aliphatic heterocycles. The van der Waals surface area contributed by atoms with Crippen molar-refractivity contribution >= 4 is 5.65 Å². The summed E-state index contributed by atoms with van der Waals surface area (Å²) in [5.74, 6) is 0. The van der Waals surface area contributed by atoms with Crippen LogP contribution in [0.4, 0.5) is 0 Å². The van der Waals surface area contributed by atoms with E-state index in [4.69, 9.17) is 0 Å². The monoisotopic (exact) mass is 230 g/mol. The molecular weight excluding hydrogens is 208 g/mol. The summed E-state index contributed by atoms with van der Waals surface area (Å²) in [5, 5.41) is 0. The number of nitrogens with zero attached hydrogens (tertiary/aromatic N) is 2. The molecule has 0 saturated carbocycles. The number of rotatable bonds is 0. The van der Waals surface area contributed by atoms with Gasteiger partial charge in [-0.3, -0.25) is 0 Å². The van der Waals surface area contributed by atoms with Crippen molar-refractivity contribution in [2.24, 2.45) is 0 Å². The molecular formula is C15H22N2. The zero-order chi connectivity index (χ0) is 12.8. The average molecular weight is 230 g/mol. The van der Waals surface area contributed by atoms with Gasteiger partial charge in [0.2, 0.25) is 0 Å². The lowest BCUT2D eigenvalue weighted by Gasteiger charge is -2.26. The summed E-state index contributed by atoms with van der Waals surface area (Å²) in [6.07, 6.45) is 6.17. The van der Waals surface area contributed by atoms with E-state index in [1.807, 2.05) is 12.3 Å². The first kappa shape index (κ1) is 12.2. The molecule has 0 unspecified atom stereocenters. The Morgan fingerprint density at radius 3 is 2.18 bits per heavy atom. The molecule has 2 heterocycles. The molecule has 2 rings (SSSR count). The molecule has 0 aromatic carbocycles. The van der Waals surface area contributed by atoms with Gasteiger partial charge in [-0.25, -0.2) is 4.98 Å². The maximum Gasteiger partial charge on any atom is 0.140 e. The van der Waals surface area contributed by atoms with Gasteiger partial charge in [0.15, 0.2) is 0 Å². The van der Waals surface area contributed by atoms with Crippen molar-refractivity contribution < 1.29 is 0 Å². The summed E-state index contributed by atoms with van der Waals surface area (Å²) in [6.45, 7) is 13.6. The van der Waals surface area contributed by atoms with Crippen molar-refractivity contribution in [3.63, 3.8) is 0 Å². The van der Waals surface area contributed by atoms with Crippen molar-refractivity contribution in [1.82, 2.24) is 9.38 Å². The predicted molar refractivity (Wildman–Crippen MR) is 72.6 cm³/mol. The van der Waals surface area contributed by atoms with Crippen molar-refractivity contribution in [1.29, 1.82) is 0 Å². The Kier molecular flexibility index (Phi) is 2.57. The summed E-state index contributed by atoms with van der Waals surface area (Å²) in [4.78, 5) is 4.54. The summed E-state index contributed by atoms with van der Waals surface area (Å²) < 4.78 is 2.14. The van der Waals surface area contributed by atoms with Crippen molar-refractivity contribution in [2.45, 2.75) is 52.4 Å². The van der Waals surface area contributed by atoms with Crippen LogP contribution < -0.4 is 0 Å². The fraction of sp³-hybridized carbons (Fsp3) is 0.533. The zero-order valence-electron chi connectivity index (χ0n) is 11.7. The molecule has 0 atom stereocenters. The van der Waals surface area contributed by atoms with Crippen LogP contribution in [0.25, 0.3) is 5.65 Å². The largest absolute Gasteiger partial charge is 0.308 e. The first-order valence-electron chi connectivity index (χ1n) is 6.18. The van der Waals surface area contributed by atoms with Crippen LogP contribution >= 0.6 is 0 Å². The molecule has 0 amide bonds. The molecule has 2 heteroatoms. The van der Waals surface area contributed by atoms with E-state index in [-0.39, 0.29) is 10.8 Å². The third-order valence-electron chi connectivity index (χ3n) is 3.09. The topological polar surface area (TPSA) is 17.3 Å². The molecule has 0 radical (unpaired) electrons. The van der Waals surface area contributed by atoms with E-state index < -0.39 is 0 Å². The van der Waals surface area contributed by atoms with E-state index in [1.54, 1.807) is 0 Å². The van der Waals surface area contributed by atoms with Gasteiger partial charge in [0.25, 0.3) is 0 Å². The van der Waals surface area contributed by atoms with Gasteiger partial charge < -0.3 is 4.40 Å². The molecule has 0 saturated heterocycles. The highest BCUT2D eigenvalue weighted by Gasteiger charge is 2.29. The Morgan fingerprint density at radius 1 is 1.00 bits per heavy atom. The molecule has 0 aliphatic carbocycles. The summed E-state index contributed by atoms with van der Waals surface area (Å²) in [7, 11) is 0. The molecule has 0 bridgehead atoms. The van der Waals surface area contributed by atoms with E-state index in [0.29, 0.717) is 0 Å². The van der Waals surface area contributed by atoms with E-state index >= 15 is 0 Å². The van der Waals surface area contributed by atoms with Gasteiger partial charge >= 0.3 is 0 Å². The SMILES string of the molecule is CC(C)(C)c1cn2cccnc2c1C(C)(C)C. The molecule has 2 aromatic rings. The normalized spacial score (nSPS) is 13.3. The van der Waals surface area contributed by atoms with Gasteiger partial charge in [-0.2, -0.15) is 0 Å². The predicted octanol–water partition coefficient (Wildman–Crippen LogP) is 3.93. The van der Waals surface area contributed by atoms with Gasteiger partial charge in [-0.05, 0) is 22.5 Å². The Hall–Kier alpha value is -1.31. The Labute approximate surface area is 104 Å². The van der Waals surface area contributed by atoms with Gasteiger partial charge in [0.05, 0.1) is 0 Å². The molecule has 0 N–H and O–H groups in total. The Bertz CT molecular complexity index is 536. The van der Waals surface area contributed by atoms with Crippen LogP contribution in [0.2, 0.25) is 0 Å². The second-order valence-corrected chi connectivity index (χ2v) is 6.77. The van der Waals surface area contributed by atoms with Crippen LogP contribution in [0.1, 0.15) is 52.7 Å². The zero-order valence-corrected chi connectivity index (χ0v) is 11.7. The standard InChI is InChI=1S/C15H22N2/c1-14(2,3)11-10-17-9-7-8-16-13(17)12(11)15(4,5)6/h7-10H,1-6H3. The van der Waals surface area contributed by atoms with Crippen LogP contribution in [0.5, 0.6) is 0 Å². The van der Waals surface area contributed by atoms with Crippen molar-refractivity contribution in [2.75, 3.05) is 0 Å². The lowest BCUT2D eigenvalue weighted by atomic mass is 9.77. The van der Waals surface area contributed by atoms with Crippen LogP contribution in [0.3, 0.4) is 0 Å².